The molecular formula is C21H32N2O5S. The quantitative estimate of drug-likeness (QED) is 0.584. The molecule has 1 fully saturated rings. The van der Waals surface area contributed by atoms with Gasteiger partial charge in [-0.25, -0.2) is 13.1 Å². The second-order valence-electron chi connectivity index (χ2n) is 7.12. The minimum atomic E-state index is -3.28. The number of benzene rings is 1. The van der Waals surface area contributed by atoms with Crippen molar-refractivity contribution >= 4 is 22.0 Å². The third-order valence-corrected chi connectivity index (χ3v) is 5.33. The highest BCUT2D eigenvalue weighted by Gasteiger charge is 2.25. The molecule has 1 aromatic rings. The molecule has 1 aliphatic rings. The number of nitrogens with zero attached hydrogens (tertiary/aromatic N) is 1. The molecule has 1 aliphatic heterocycles. The third-order valence-electron chi connectivity index (χ3n) is 4.64. The summed E-state index contributed by atoms with van der Waals surface area (Å²) in [6.45, 7) is 5.98. The van der Waals surface area contributed by atoms with Crippen LogP contribution in [0.4, 0.5) is 0 Å². The average Bonchev–Trinajstić information content (AvgIpc) is 2.69. The van der Waals surface area contributed by atoms with E-state index in [0.29, 0.717) is 31.3 Å². The molecule has 8 heteroatoms. The van der Waals surface area contributed by atoms with Gasteiger partial charge in [0.15, 0.2) is 11.5 Å². The molecule has 162 valence electrons. The van der Waals surface area contributed by atoms with Gasteiger partial charge in [-0.05, 0) is 56.4 Å². The van der Waals surface area contributed by atoms with E-state index < -0.39 is 10.0 Å². The lowest BCUT2D eigenvalue weighted by Gasteiger charge is -2.35. The van der Waals surface area contributed by atoms with E-state index in [-0.39, 0.29) is 18.5 Å². The molecule has 0 saturated carbocycles. The van der Waals surface area contributed by atoms with Crippen molar-refractivity contribution in [3.05, 3.63) is 29.8 Å². The standard InChI is InChI=1S/C21H32N2O5S/c1-4-14-28-19-11-9-17(15-20(19)27-5-2)10-12-21(24)23-13-7-6-8-18(23)16-22-29(3,25)26/h9-12,15,18,22H,4-8,13-14,16H2,1-3H3/b12-10+. The minimum absolute atomic E-state index is 0.116. The first-order chi connectivity index (χ1) is 13.8. The van der Waals surface area contributed by atoms with E-state index in [1.165, 1.54) is 6.08 Å². The first kappa shape index (κ1) is 23.2. The maximum absolute atomic E-state index is 12.7. The number of hydrogen-bond donors (Lipinski definition) is 1. The second kappa shape index (κ2) is 11.2. The largest absolute Gasteiger partial charge is 0.490 e. The Balaban J connectivity index is 2.08. The number of hydrogen-bond acceptors (Lipinski definition) is 5. The Kier molecular flexibility index (Phi) is 8.98. The number of carbonyl (C=O) groups excluding carboxylic acids is 1. The van der Waals surface area contributed by atoms with Gasteiger partial charge in [0.1, 0.15) is 0 Å². The topological polar surface area (TPSA) is 84.9 Å². The summed E-state index contributed by atoms with van der Waals surface area (Å²) >= 11 is 0. The highest BCUT2D eigenvalue weighted by atomic mass is 32.2. The van der Waals surface area contributed by atoms with Crippen LogP contribution in [0.2, 0.25) is 0 Å². The summed E-state index contributed by atoms with van der Waals surface area (Å²) in [6.07, 6.45) is 8.03. The van der Waals surface area contributed by atoms with E-state index in [1.54, 1.807) is 11.0 Å². The molecule has 29 heavy (non-hydrogen) atoms. The van der Waals surface area contributed by atoms with Crippen LogP contribution in [0.5, 0.6) is 11.5 Å². The molecule has 1 N–H and O–H groups in total. The van der Waals surface area contributed by atoms with Gasteiger partial charge in [0.05, 0.1) is 19.5 Å². The summed E-state index contributed by atoms with van der Waals surface area (Å²) in [7, 11) is -3.28. The van der Waals surface area contributed by atoms with E-state index in [0.717, 1.165) is 37.5 Å². The Morgan fingerprint density at radius 2 is 2.03 bits per heavy atom. The molecule has 0 spiro atoms. The monoisotopic (exact) mass is 424 g/mol. The molecule has 0 bridgehead atoms. The van der Waals surface area contributed by atoms with E-state index in [4.69, 9.17) is 9.47 Å². The average molecular weight is 425 g/mol. The smallest absolute Gasteiger partial charge is 0.246 e. The Bertz CT molecular complexity index is 807. The number of rotatable bonds is 10. The van der Waals surface area contributed by atoms with Crippen LogP contribution in [0.3, 0.4) is 0 Å². The number of carbonyl (C=O) groups is 1. The summed E-state index contributed by atoms with van der Waals surface area (Å²) in [5.41, 5.74) is 0.841. The third kappa shape index (κ3) is 7.70. The Hall–Kier alpha value is -2.06. The van der Waals surface area contributed by atoms with E-state index >= 15 is 0 Å². The number of sulfonamides is 1. The van der Waals surface area contributed by atoms with E-state index in [1.807, 2.05) is 32.0 Å². The summed E-state index contributed by atoms with van der Waals surface area (Å²) in [4.78, 5) is 14.5. The molecule has 1 unspecified atom stereocenters. The molecule has 0 radical (unpaired) electrons. The van der Waals surface area contributed by atoms with Crippen LogP contribution in [0.15, 0.2) is 24.3 Å². The van der Waals surface area contributed by atoms with Crippen LogP contribution in [0.1, 0.15) is 45.1 Å². The van der Waals surface area contributed by atoms with E-state index in [9.17, 15) is 13.2 Å². The zero-order chi connectivity index (χ0) is 21.3. The van der Waals surface area contributed by atoms with Crippen molar-refractivity contribution in [3.8, 4) is 11.5 Å². The molecule has 0 aliphatic carbocycles. The summed E-state index contributed by atoms with van der Waals surface area (Å²) in [6, 6.07) is 5.47. The first-order valence-corrected chi connectivity index (χ1v) is 12.1. The molecule has 1 amide bonds. The maximum atomic E-state index is 12.7. The SMILES string of the molecule is CCCOc1ccc(/C=C/C(=O)N2CCCCC2CNS(C)(=O)=O)cc1OCC. The first-order valence-electron chi connectivity index (χ1n) is 10.2. The van der Waals surface area contributed by atoms with Crippen molar-refractivity contribution < 1.29 is 22.7 Å². The lowest BCUT2D eigenvalue weighted by molar-refractivity contribution is -0.129. The number of nitrogens with one attached hydrogen (secondary N) is 1. The Morgan fingerprint density at radius 3 is 2.72 bits per heavy atom. The predicted molar refractivity (Wildman–Crippen MR) is 115 cm³/mol. The fourth-order valence-corrected chi connectivity index (χ4v) is 3.74. The van der Waals surface area contributed by atoms with Gasteiger partial charge in [0.25, 0.3) is 0 Å². The maximum Gasteiger partial charge on any atom is 0.246 e. The van der Waals surface area contributed by atoms with Crippen LogP contribution >= 0.6 is 0 Å². The van der Waals surface area contributed by atoms with Crippen molar-refractivity contribution in [2.24, 2.45) is 0 Å². The molecule has 1 aromatic carbocycles. The molecule has 1 heterocycles. The van der Waals surface area contributed by atoms with Crippen LogP contribution in [-0.4, -0.2) is 57.8 Å². The zero-order valence-electron chi connectivity index (χ0n) is 17.5. The van der Waals surface area contributed by atoms with Crippen molar-refractivity contribution in [1.29, 1.82) is 0 Å². The van der Waals surface area contributed by atoms with Gasteiger partial charge in [-0.1, -0.05) is 13.0 Å². The van der Waals surface area contributed by atoms with Crippen molar-refractivity contribution in [3.63, 3.8) is 0 Å². The van der Waals surface area contributed by atoms with Gasteiger partial charge in [-0.2, -0.15) is 0 Å². The fraction of sp³-hybridized carbons (Fsp3) is 0.571. The number of ether oxygens (including phenoxy) is 2. The highest BCUT2D eigenvalue weighted by molar-refractivity contribution is 7.88. The fourth-order valence-electron chi connectivity index (χ4n) is 3.24. The number of piperidine rings is 1. The zero-order valence-corrected chi connectivity index (χ0v) is 18.3. The van der Waals surface area contributed by atoms with Gasteiger partial charge >= 0.3 is 0 Å². The normalized spacial score (nSPS) is 17.5. The van der Waals surface area contributed by atoms with Crippen molar-refractivity contribution in [2.45, 2.75) is 45.6 Å². The summed E-state index contributed by atoms with van der Waals surface area (Å²) in [5, 5.41) is 0. The van der Waals surface area contributed by atoms with Crippen LogP contribution < -0.4 is 14.2 Å². The Labute approximate surface area is 174 Å². The van der Waals surface area contributed by atoms with Crippen LogP contribution in [-0.2, 0) is 14.8 Å². The lowest BCUT2D eigenvalue weighted by atomic mass is 10.0. The summed E-state index contributed by atoms with van der Waals surface area (Å²) in [5.74, 6) is 1.23. The van der Waals surface area contributed by atoms with Crippen molar-refractivity contribution in [1.82, 2.24) is 9.62 Å². The van der Waals surface area contributed by atoms with Crippen LogP contribution in [0.25, 0.3) is 6.08 Å². The van der Waals surface area contributed by atoms with Crippen molar-refractivity contribution in [2.75, 3.05) is 32.6 Å². The molecule has 1 saturated heterocycles. The highest BCUT2D eigenvalue weighted by Crippen LogP contribution is 2.29. The predicted octanol–water partition coefficient (Wildman–Crippen LogP) is 2.82. The van der Waals surface area contributed by atoms with Gasteiger partial charge in [0.2, 0.25) is 15.9 Å². The number of likely N-dealkylation sites (tertiary alicyclic amines) is 1. The molecule has 2 rings (SSSR count). The Morgan fingerprint density at radius 1 is 1.24 bits per heavy atom. The van der Waals surface area contributed by atoms with Gasteiger partial charge in [-0.15, -0.1) is 0 Å². The summed E-state index contributed by atoms with van der Waals surface area (Å²) < 4.78 is 36.7. The lowest BCUT2D eigenvalue weighted by Crippen LogP contribution is -2.48. The minimum Gasteiger partial charge on any atom is -0.490 e. The van der Waals surface area contributed by atoms with Gasteiger partial charge in [-0.3, -0.25) is 4.79 Å². The molecule has 7 nitrogen and oxygen atoms in total. The molecular weight excluding hydrogens is 392 g/mol. The van der Waals surface area contributed by atoms with Gasteiger partial charge in [0, 0.05) is 25.2 Å². The molecule has 1 atom stereocenters. The van der Waals surface area contributed by atoms with Crippen LogP contribution in [0, 0.1) is 0 Å². The molecule has 0 aromatic heterocycles. The second-order valence-corrected chi connectivity index (χ2v) is 8.96. The van der Waals surface area contributed by atoms with Gasteiger partial charge < -0.3 is 14.4 Å². The number of amides is 1. The van der Waals surface area contributed by atoms with E-state index in [2.05, 4.69) is 4.72 Å².